The van der Waals surface area contributed by atoms with Crippen molar-refractivity contribution >= 4 is 17.0 Å². The maximum Gasteiger partial charge on any atom is 0.214 e. The first-order valence-corrected chi connectivity index (χ1v) is 5.44. The van der Waals surface area contributed by atoms with Crippen LogP contribution in [0.2, 0.25) is 0 Å². The zero-order valence-corrected chi connectivity index (χ0v) is 9.12. The molecular weight excluding hydrogens is 210 g/mol. The Morgan fingerprint density at radius 1 is 1.47 bits per heavy atom. The first-order valence-electron chi connectivity index (χ1n) is 4.49. The summed E-state index contributed by atoms with van der Waals surface area (Å²) >= 11 is 1.59. The minimum absolute atomic E-state index is 0.610. The molecule has 4 nitrogen and oxygen atoms in total. The van der Waals surface area contributed by atoms with Crippen molar-refractivity contribution < 1.29 is 4.74 Å². The summed E-state index contributed by atoms with van der Waals surface area (Å²) in [6.45, 7) is 0.719. The van der Waals surface area contributed by atoms with Gasteiger partial charge in [0.05, 0.1) is 24.9 Å². The quantitative estimate of drug-likeness (QED) is 0.859. The van der Waals surface area contributed by atoms with Gasteiger partial charge in [0.25, 0.3) is 0 Å². The number of anilines is 1. The van der Waals surface area contributed by atoms with Crippen molar-refractivity contribution in [2.24, 2.45) is 0 Å². The van der Waals surface area contributed by atoms with Gasteiger partial charge >= 0.3 is 0 Å². The number of nitrogens with zero attached hydrogens (tertiary/aromatic N) is 2. The molecule has 0 bridgehead atoms. The number of nitrogens with one attached hydrogen (secondary N) is 1. The van der Waals surface area contributed by atoms with Gasteiger partial charge in [-0.1, -0.05) is 0 Å². The highest BCUT2D eigenvalue weighted by atomic mass is 32.1. The smallest absolute Gasteiger partial charge is 0.214 e. The monoisotopic (exact) mass is 221 g/mol. The third-order valence-electron chi connectivity index (χ3n) is 1.90. The standard InChI is InChI=1S/C10H11N3OS/c1-14-10-4-8(2-3-11-10)12-5-9-6-15-7-13-9/h2-4,6-7H,5H2,1H3,(H,11,12). The topological polar surface area (TPSA) is 47.0 Å². The second-order valence-electron chi connectivity index (χ2n) is 2.92. The molecule has 0 aliphatic heterocycles. The molecule has 2 aromatic rings. The average Bonchev–Trinajstić information content (AvgIpc) is 2.79. The molecule has 0 atom stereocenters. The van der Waals surface area contributed by atoms with Crippen LogP contribution in [0.15, 0.2) is 29.2 Å². The Morgan fingerprint density at radius 3 is 3.13 bits per heavy atom. The summed E-state index contributed by atoms with van der Waals surface area (Å²) < 4.78 is 5.03. The predicted octanol–water partition coefficient (Wildman–Crippen LogP) is 2.16. The van der Waals surface area contributed by atoms with Crippen molar-refractivity contribution in [3.05, 3.63) is 34.9 Å². The third-order valence-corrected chi connectivity index (χ3v) is 2.54. The van der Waals surface area contributed by atoms with Crippen LogP contribution >= 0.6 is 11.3 Å². The number of methoxy groups -OCH3 is 1. The van der Waals surface area contributed by atoms with E-state index in [0.29, 0.717) is 5.88 Å². The highest BCUT2D eigenvalue weighted by molar-refractivity contribution is 7.07. The molecule has 0 amide bonds. The van der Waals surface area contributed by atoms with Crippen LogP contribution in [-0.2, 0) is 6.54 Å². The van der Waals surface area contributed by atoms with Crippen LogP contribution < -0.4 is 10.1 Å². The first-order chi connectivity index (χ1) is 7.38. The first kappa shape index (κ1) is 9.92. The lowest BCUT2D eigenvalue weighted by atomic mass is 10.4. The third kappa shape index (κ3) is 2.66. The van der Waals surface area contributed by atoms with E-state index in [-0.39, 0.29) is 0 Å². The van der Waals surface area contributed by atoms with Crippen LogP contribution in [0.5, 0.6) is 5.88 Å². The second-order valence-corrected chi connectivity index (χ2v) is 3.64. The Balaban J connectivity index is 1.98. The molecular formula is C10H11N3OS. The molecule has 0 radical (unpaired) electrons. The zero-order chi connectivity index (χ0) is 10.5. The van der Waals surface area contributed by atoms with Crippen LogP contribution in [0.1, 0.15) is 5.69 Å². The zero-order valence-electron chi connectivity index (χ0n) is 8.30. The van der Waals surface area contributed by atoms with E-state index >= 15 is 0 Å². The molecule has 2 heterocycles. The lowest BCUT2D eigenvalue weighted by Gasteiger charge is -2.05. The molecule has 78 valence electrons. The van der Waals surface area contributed by atoms with Gasteiger partial charge in [0.2, 0.25) is 5.88 Å². The molecule has 0 aliphatic carbocycles. The summed E-state index contributed by atoms with van der Waals surface area (Å²) in [5.41, 5.74) is 3.84. The maximum atomic E-state index is 5.03. The SMILES string of the molecule is COc1cc(NCc2cscn2)ccn1. The van der Waals surface area contributed by atoms with E-state index in [0.717, 1.165) is 17.9 Å². The van der Waals surface area contributed by atoms with Crippen molar-refractivity contribution in [1.29, 1.82) is 0 Å². The molecule has 0 saturated heterocycles. The summed E-state index contributed by atoms with van der Waals surface area (Å²) in [4.78, 5) is 8.21. The van der Waals surface area contributed by atoms with Crippen LogP contribution in [-0.4, -0.2) is 17.1 Å². The minimum atomic E-state index is 0.610. The van der Waals surface area contributed by atoms with Crippen LogP contribution in [0.25, 0.3) is 0 Å². The van der Waals surface area contributed by atoms with Gasteiger partial charge in [-0.25, -0.2) is 9.97 Å². The molecule has 0 spiro atoms. The van der Waals surface area contributed by atoms with Gasteiger partial charge in [-0.2, -0.15) is 0 Å². The fourth-order valence-electron chi connectivity index (χ4n) is 1.15. The molecule has 15 heavy (non-hydrogen) atoms. The molecule has 0 unspecified atom stereocenters. The Kier molecular flexibility index (Phi) is 3.14. The van der Waals surface area contributed by atoms with E-state index in [2.05, 4.69) is 15.3 Å². The van der Waals surface area contributed by atoms with Gasteiger partial charge in [0.1, 0.15) is 0 Å². The van der Waals surface area contributed by atoms with Crippen molar-refractivity contribution in [3.63, 3.8) is 0 Å². The van der Waals surface area contributed by atoms with E-state index in [4.69, 9.17) is 4.74 Å². The van der Waals surface area contributed by atoms with E-state index in [1.54, 1.807) is 24.6 Å². The molecule has 0 aromatic carbocycles. The summed E-state index contributed by atoms with van der Waals surface area (Å²) in [6, 6.07) is 3.75. The van der Waals surface area contributed by atoms with Crippen molar-refractivity contribution in [1.82, 2.24) is 9.97 Å². The Hall–Kier alpha value is -1.62. The number of hydrogen-bond donors (Lipinski definition) is 1. The summed E-state index contributed by atoms with van der Waals surface area (Å²) in [5, 5.41) is 5.27. The Labute approximate surface area is 92.0 Å². The fraction of sp³-hybridized carbons (Fsp3) is 0.200. The Morgan fingerprint density at radius 2 is 2.40 bits per heavy atom. The van der Waals surface area contributed by atoms with Crippen molar-refractivity contribution in [3.8, 4) is 5.88 Å². The van der Waals surface area contributed by atoms with Gasteiger partial charge in [-0.05, 0) is 6.07 Å². The van der Waals surface area contributed by atoms with Gasteiger partial charge in [0, 0.05) is 23.3 Å². The number of pyridine rings is 1. The summed E-state index contributed by atoms with van der Waals surface area (Å²) in [7, 11) is 1.60. The minimum Gasteiger partial charge on any atom is -0.481 e. The fourth-order valence-corrected chi connectivity index (χ4v) is 1.71. The largest absolute Gasteiger partial charge is 0.481 e. The van der Waals surface area contributed by atoms with Gasteiger partial charge in [0.15, 0.2) is 0 Å². The highest BCUT2D eigenvalue weighted by Gasteiger charge is 1.97. The molecule has 2 rings (SSSR count). The molecule has 0 fully saturated rings. The number of aromatic nitrogens is 2. The van der Waals surface area contributed by atoms with Gasteiger partial charge in [-0.3, -0.25) is 0 Å². The predicted molar refractivity (Wildman–Crippen MR) is 60.2 cm³/mol. The van der Waals surface area contributed by atoms with Gasteiger partial charge in [-0.15, -0.1) is 11.3 Å². The highest BCUT2D eigenvalue weighted by Crippen LogP contribution is 2.14. The van der Waals surface area contributed by atoms with E-state index in [1.165, 1.54) is 0 Å². The van der Waals surface area contributed by atoms with E-state index in [1.807, 2.05) is 23.0 Å². The molecule has 1 N–H and O–H groups in total. The lowest BCUT2D eigenvalue weighted by molar-refractivity contribution is 0.398. The number of ether oxygens (including phenoxy) is 1. The van der Waals surface area contributed by atoms with Crippen LogP contribution in [0.4, 0.5) is 5.69 Å². The Bertz CT molecular complexity index is 416. The van der Waals surface area contributed by atoms with Gasteiger partial charge < -0.3 is 10.1 Å². The molecule has 0 aliphatic rings. The van der Waals surface area contributed by atoms with E-state index < -0.39 is 0 Å². The normalized spacial score (nSPS) is 9.93. The maximum absolute atomic E-state index is 5.03. The second kappa shape index (κ2) is 4.75. The lowest BCUT2D eigenvalue weighted by Crippen LogP contribution is -2.00. The molecule has 5 heteroatoms. The van der Waals surface area contributed by atoms with E-state index in [9.17, 15) is 0 Å². The van der Waals surface area contributed by atoms with Crippen LogP contribution in [0, 0.1) is 0 Å². The molecule has 2 aromatic heterocycles. The number of thiazole rings is 1. The van der Waals surface area contributed by atoms with Crippen molar-refractivity contribution in [2.45, 2.75) is 6.54 Å². The summed E-state index contributed by atoms with van der Waals surface area (Å²) in [6.07, 6.45) is 1.71. The van der Waals surface area contributed by atoms with Crippen molar-refractivity contribution in [2.75, 3.05) is 12.4 Å². The number of rotatable bonds is 4. The summed E-state index contributed by atoms with van der Waals surface area (Å²) in [5.74, 6) is 0.610. The van der Waals surface area contributed by atoms with Crippen LogP contribution in [0.3, 0.4) is 0 Å². The average molecular weight is 221 g/mol. The number of hydrogen-bond acceptors (Lipinski definition) is 5. The molecule has 0 saturated carbocycles.